The number of amides is 1. The number of aliphatic hydroxyl groups excluding tert-OH is 1. The van der Waals surface area contributed by atoms with E-state index in [0.29, 0.717) is 42.2 Å². The van der Waals surface area contributed by atoms with Gasteiger partial charge in [-0.15, -0.1) is 0 Å². The first-order valence-electron chi connectivity index (χ1n) is 12.2. The van der Waals surface area contributed by atoms with Crippen molar-refractivity contribution in [3.63, 3.8) is 0 Å². The van der Waals surface area contributed by atoms with E-state index in [1.165, 1.54) is 4.90 Å². The molecule has 1 aliphatic rings. The van der Waals surface area contributed by atoms with Gasteiger partial charge in [0.05, 0.1) is 18.7 Å². The summed E-state index contributed by atoms with van der Waals surface area (Å²) in [5.41, 5.74) is 2.10. The molecule has 1 unspecified atom stereocenters. The minimum atomic E-state index is -0.820. The van der Waals surface area contributed by atoms with E-state index in [1.807, 2.05) is 49.4 Å². The van der Waals surface area contributed by atoms with Crippen molar-refractivity contribution in [1.82, 2.24) is 4.90 Å². The highest BCUT2D eigenvalue weighted by Crippen LogP contribution is 2.42. The quantitative estimate of drug-likeness (QED) is 0.221. The van der Waals surface area contributed by atoms with E-state index in [9.17, 15) is 14.7 Å². The van der Waals surface area contributed by atoms with E-state index < -0.39 is 23.5 Å². The molecule has 0 bridgehead atoms. The van der Waals surface area contributed by atoms with Gasteiger partial charge in [0.25, 0.3) is 5.91 Å². The Hall–Kier alpha value is -4.04. The first-order valence-corrected chi connectivity index (χ1v) is 13.0. The Kier molecular flexibility index (Phi) is 7.24. The molecule has 38 heavy (non-hydrogen) atoms. The summed E-state index contributed by atoms with van der Waals surface area (Å²) in [7, 11) is 1.55. The summed E-state index contributed by atoms with van der Waals surface area (Å²) in [6, 6.07) is 21.2. The predicted molar refractivity (Wildman–Crippen MR) is 146 cm³/mol. The summed E-state index contributed by atoms with van der Waals surface area (Å²) in [6.07, 6.45) is 0.642. The van der Waals surface area contributed by atoms with Gasteiger partial charge in [0.2, 0.25) is 5.78 Å². The van der Waals surface area contributed by atoms with Crippen molar-refractivity contribution in [2.75, 3.05) is 13.7 Å². The molecule has 7 nitrogen and oxygen atoms in total. The van der Waals surface area contributed by atoms with E-state index in [4.69, 9.17) is 13.9 Å². The number of furan rings is 1. The van der Waals surface area contributed by atoms with Gasteiger partial charge in [-0.3, -0.25) is 9.59 Å². The number of methoxy groups -OCH3 is 1. The van der Waals surface area contributed by atoms with Crippen molar-refractivity contribution in [3.8, 4) is 11.5 Å². The Morgan fingerprint density at radius 2 is 1.84 bits per heavy atom. The number of Topliss-reactive ketones (excluding diaryl/α,β-unsaturated/α-hetero) is 1. The molecule has 194 valence electrons. The second kappa shape index (κ2) is 10.8. The molecule has 5 rings (SSSR count). The Morgan fingerprint density at radius 1 is 1.05 bits per heavy atom. The van der Waals surface area contributed by atoms with Crippen LogP contribution in [0.1, 0.15) is 41.1 Å². The van der Waals surface area contributed by atoms with Gasteiger partial charge in [-0.2, -0.15) is 0 Å². The number of benzene rings is 3. The number of fused-ring (bicyclic) bond motifs is 1. The Morgan fingerprint density at radius 3 is 2.58 bits per heavy atom. The van der Waals surface area contributed by atoms with Crippen molar-refractivity contribution in [3.05, 3.63) is 105 Å². The van der Waals surface area contributed by atoms with Gasteiger partial charge in [-0.25, -0.2) is 0 Å². The van der Waals surface area contributed by atoms with Gasteiger partial charge in [0, 0.05) is 16.4 Å². The molecule has 0 saturated heterocycles. The van der Waals surface area contributed by atoms with Crippen LogP contribution in [0.4, 0.5) is 0 Å². The van der Waals surface area contributed by atoms with Gasteiger partial charge in [0.15, 0.2) is 23.0 Å². The highest BCUT2D eigenvalue weighted by atomic mass is 79.9. The number of hydrogen-bond acceptors (Lipinski definition) is 6. The molecule has 1 atom stereocenters. The standard InChI is InChI=1S/C30H26BrNO6/c1-3-13-32-27(19-9-11-23(36-2)24(15-19)37-17-18-7-5-4-6-8-18)26(29(34)30(32)35)28(33)25-16-20-14-21(31)10-12-22(20)38-25/h4-12,14-16,27,34H,3,13,17H2,1-2H3. The second-order valence-electron chi connectivity index (χ2n) is 8.97. The molecule has 2 heterocycles. The molecule has 0 radical (unpaired) electrons. The van der Waals surface area contributed by atoms with Gasteiger partial charge in [-0.05, 0) is 53.9 Å². The molecule has 4 aromatic rings. The second-order valence-corrected chi connectivity index (χ2v) is 9.89. The minimum Gasteiger partial charge on any atom is -0.503 e. The molecule has 1 amide bonds. The molecular weight excluding hydrogens is 550 g/mol. The van der Waals surface area contributed by atoms with E-state index in [2.05, 4.69) is 15.9 Å². The monoisotopic (exact) mass is 575 g/mol. The van der Waals surface area contributed by atoms with Crippen LogP contribution >= 0.6 is 15.9 Å². The van der Waals surface area contributed by atoms with Gasteiger partial charge in [0.1, 0.15) is 12.2 Å². The van der Waals surface area contributed by atoms with E-state index in [-0.39, 0.29) is 11.3 Å². The number of nitrogens with zero attached hydrogens (tertiary/aromatic N) is 1. The fraction of sp³-hybridized carbons (Fsp3) is 0.200. The summed E-state index contributed by atoms with van der Waals surface area (Å²) < 4.78 is 18.2. The van der Waals surface area contributed by atoms with Crippen LogP contribution in [-0.2, 0) is 11.4 Å². The summed E-state index contributed by atoms with van der Waals surface area (Å²) in [5.74, 6) is -0.692. The molecule has 3 aromatic carbocycles. The van der Waals surface area contributed by atoms with Crippen LogP contribution in [0.5, 0.6) is 11.5 Å². The highest BCUT2D eigenvalue weighted by Gasteiger charge is 2.44. The van der Waals surface area contributed by atoms with Crippen molar-refractivity contribution < 1.29 is 28.6 Å². The van der Waals surface area contributed by atoms with Crippen molar-refractivity contribution >= 4 is 38.6 Å². The van der Waals surface area contributed by atoms with Crippen molar-refractivity contribution in [1.29, 1.82) is 0 Å². The third kappa shape index (κ3) is 4.79. The lowest BCUT2D eigenvalue weighted by Crippen LogP contribution is -2.31. The lowest BCUT2D eigenvalue weighted by Gasteiger charge is -2.27. The summed E-state index contributed by atoms with van der Waals surface area (Å²) >= 11 is 3.42. The van der Waals surface area contributed by atoms with Crippen molar-refractivity contribution in [2.45, 2.75) is 26.0 Å². The smallest absolute Gasteiger partial charge is 0.290 e. The van der Waals surface area contributed by atoms with Gasteiger partial charge >= 0.3 is 0 Å². The molecule has 0 saturated carbocycles. The van der Waals surface area contributed by atoms with Crippen LogP contribution in [-0.4, -0.2) is 35.4 Å². The normalized spacial score (nSPS) is 15.4. The molecule has 1 N–H and O–H groups in total. The summed E-state index contributed by atoms with van der Waals surface area (Å²) in [4.78, 5) is 28.4. The largest absolute Gasteiger partial charge is 0.503 e. The number of halogens is 1. The highest BCUT2D eigenvalue weighted by molar-refractivity contribution is 9.10. The molecule has 0 fully saturated rings. The van der Waals surface area contributed by atoms with Gasteiger partial charge < -0.3 is 23.9 Å². The maximum atomic E-state index is 13.8. The fourth-order valence-electron chi connectivity index (χ4n) is 4.67. The summed E-state index contributed by atoms with van der Waals surface area (Å²) in [6.45, 7) is 2.59. The number of hydrogen-bond donors (Lipinski definition) is 1. The first-order chi connectivity index (χ1) is 18.4. The molecule has 1 aliphatic heterocycles. The van der Waals surface area contributed by atoms with E-state index in [1.54, 1.807) is 37.4 Å². The lowest BCUT2D eigenvalue weighted by molar-refractivity contribution is -0.129. The Bertz CT molecular complexity index is 1540. The average Bonchev–Trinajstić information content (AvgIpc) is 3.46. The molecule has 1 aromatic heterocycles. The van der Waals surface area contributed by atoms with Crippen LogP contribution in [0, 0.1) is 0 Å². The number of aliphatic hydroxyl groups is 1. The molecule has 0 aliphatic carbocycles. The molecule has 8 heteroatoms. The maximum Gasteiger partial charge on any atom is 0.290 e. The first kappa shape index (κ1) is 25.6. The fourth-order valence-corrected chi connectivity index (χ4v) is 5.05. The summed E-state index contributed by atoms with van der Waals surface area (Å²) in [5, 5.41) is 11.7. The molecular formula is C30H26BrNO6. The predicted octanol–water partition coefficient (Wildman–Crippen LogP) is 6.77. The van der Waals surface area contributed by atoms with E-state index in [0.717, 1.165) is 15.4 Å². The SMILES string of the molecule is CCCN1C(=O)C(O)=C(C(=O)c2cc3cc(Br)ccc3o2)C1c1ccc(OC)c(OCc2ccccc2)c1. The topological polar surface area (TPSA) is 89.2 Å². The van der Waals surface area contributed by atoms with Gasteiger partial charge in [-0.1, -0.05) is 59.3 Å². The average molecular weight is 576 g/mol. The van der Waals surface area contributed by atoms with Crippen LogP contribution in [0.15, 0.2) is 93.0 Å². The van der Waals surface area contributed by atoms with E-state index >= 15 is 0 Å². The van der Waals surface area contributed by atoms with Crippen LogP contribution in [0.2, 0.25) is 0 Å². The Labute approximate surface area is 228 Å². The van der Waals surface area contributed by atoms with Crippen LogP contribution in [0.3, 0.4) is 0 Å². The number of rotatable bonds is 9. The third-order valence-electron chi connectivity index (χ3n) is 6.46. The van der Waals surface area contributed by atoms with Crippen molar-refractivity contribution in [2.24, 2.45) is 0 Å². The zero-order chi connectivity index (χ0) is 26.8. The lowest BCUT2D eigenvalue weighted by atomic mass is 9.94. The number of ketones is 1. The molecule has 0 spiro atoms. The number of carbonyl (C=O) groups is 2. The number of carbonyl (C=O) groups excluding carboxylic acids is 2. The van der Waals surface area contributed by atoms with Crippen LogP contribution < -0.4 is 9.47 Å². The van der Waals surface area contributed by atoms with Crippen LogP contribution in [0.25, 0.3) is 11.0 Å². The zero-order valence-electron chi connectivity index (χ0n) is 20.9. The minimum absolute atomic E-state index is 0.0271. The third-order valence-corrected chi connectivity index (χ3v) is 6.95. The maximum absolute atomic E-state index is 13.8. The Balaban J connectivity index is 1.55. The zero-order valence-corrected chi connectivity index (χ0v) is 22.5. The number of ether oxygens (including phenoxy) is 2.